The third-order valence-electron chi connectivity index (χ3n) is 4.76. The lowest BCUT2D eigenvalue weighted by molar-refractivity contribution is -0.125. The molecule has 1 saturated heterocycles. The average molecular weight is 333 g/mol. The molecule has 3 aliphatic heterocycles. The maximum absolute atomic E-state index is 12.5. The van der Waals surface area contributed by atoms with E-state index in [1.54, 1.807) is 11.8 Å². The van der Waals surface area contributed by atoms with Crippen molar-refractivity contribution >= 4 is 28.5 Å². The van der Waals surface area contributed by atoms with Gasteiger partial charge in [-0.05, 0) is 50.5 Å². The zero-order chi connectivity index (χ0) is 16.2. The highest BCUT2D eigenvalue weighted by Gasteiger charge is 2.42. The van der Waals surface area contributed by atoms with Crippen molar-refractivity contribution in [2.75, 3.05) is 19.6 Å². The molecule has 6 heteroatoms. The van der Waals surface area contributed by atoms with Crippen molar-refractivity contribution in [2.24, 2.45) is 15.9 Å². The second kappa shape index (κ2) is 5.53. The van der Waals surface area contributed by atoms with Crippen molar-refractivity contribution in [2.45, 2.75) is 51.7 Å². The lowest BCUT2D eigenvalue weighted by atomic mass is 9.98. The van der Waals surface area contributed by atoms with Crippen LogP contribution in [0.4, 0.5) is 0 Å². The summed E-state index contributed by atoms with van der Waals surface area (Å²) >= 11 is 1.72. The first-order chi connectivity index (χ1) is 10.9. The van der Waals surface area contributed by atoms with Crippen LogP contribution in [0.1, 0.15) is 40.0 Å². The number of aliphatic imine (C=N–C) groups is 2. The standard InChI is InChI=1S/C17H23N3O2S/c1-10-7-20(9-17(2,3)22-10)8-13-18-15(21)14-11-5-4-6-12(11)23-16(14)19-13/h10,14H,4-9H2,1-3H3. The van der Waals surface area contributed by atoms with Gasteiger partial charge in [-0.25, -0.2) is 4.99 Å². The number of amidine groups is 1. The quantitative estimate of drug-likeness (QED) is 0.779. The lowest BCUT2D eigenvalue weighted by Gasteiger charge is -2.41. The van der Waals surface area contributed by atoms with Gasteiger partial charge in [-0.2, -0.15) is 4.99 Å². The fraction of sp³-hybridized carbons (Fsp3) is 0.706. The summed E-state index contributed by atoms with van der Waals surface area (Å²) in [4.78, 5) is 25.2. The predicted molar refractivity (Wildman–Crippen MR) is 92.9 cm³/mol. The molecule has 5 nitrogen and oxygen atoms in total. The first kappa shape index (κ1) is 15.5. The SMILES string of the molecule is CC1CN(CC2=NC(=O)C3C(=N2)SC2=C3CCC2)CC(C)(C)O1. The zero-order valence-electron chi connectivity index (χ0n) is 14.0. The molecule has 0 spiro atoms. The summed E-state index contributed by atoms with van der Waals surface area (Å²) in [7, 11) is 0. The van der Waals surface area contributed by atoms with E-state index in [2.05, 4.69) is 30.7 Å². The lowest BCUT2D eigenvalue weighted by Crippen LogP contribution is -2.53. The Morgan fingerprint density at radius 3 is 2.96 bits per heavy atom. The van der Waals surface area contributed by atoms with Gasteiger partial charge in [0.05, 0.1) is 23.3 Å². The minimum absolute atomic E-state index is 0.00929. The van der Waals surface area contributed by atoms with Gasteiger partial charge in [0, 0.05) is 13.1 Å². The van der Waals surface area contributed by atoms with Crippen LogP contribution in [0.5, 0.6) is 0 Å². The second-order valence-corrected chi connectivity index (χ2v) is 8.63. The maximum Gasteiger partial charge on any atom is 0.261 e. The molecule has 0 aromatic carbocycles. The number of carbonyl (C=O) groups is 1. The van der Waals surface area contributed by atoms with Crippen LogP contribution in [0.15, 0.2) is 20.5 Å². The molecule has 0 saturated carbocycles. The highest BCUT2D eigenvalue weighted by molar-refractivity contribution is 8.17. The normalized spacial score (nSPS) is 33.4. The van der Waals surface area contributed by atoms with Crippen molar-refractivity contribution in [3.05, 3.63) is 10.5 Å². The minimum Gasteiger partial charge on any atom is -0.370 e. The molecule has 1 aliphatic carbocycles. The number of hydrogen-bond acceptors (Lipinski definition) is 5. The first-order valence-corrected chi connectivity index (χ1v) is 9.23. The molecule has 0 aromatic heterocycles. The Kier molecular flexibility index (Phi) is 3.74. The molecule has 23 heavy (non-hydrogen) atoms. The molecule has 4 aliphatic rings. The Bertz CT molecular complexity index is 650. The van der Waals surface area contributed by atoms with Crippen LogP contribution >= 0.6 is 11.8 Å². The molecule has 1 fully saturated rings. The zero-order valence-corrected chi connectivity index (χ0v) is 14.8. The van der Waals surface area contributed by atoms with E-state index in [1.165, 1.54) is 16.9 Å². The average Bonchev–Trinajstić information content (AvgIpc) is 2.95. The highest BCUT2D eigenvalue weighted by atomic mass is 32.2. The summed E-state index contributed by atoms with van der Waals surface area (Å²) in [6.45, 7) is 8.61. The van der Waals surface area contributed by atoms with Crippen LogP contribution in [0.3, 0.4) is 0 Å². The third kappa shape index (κ3) is 2.92. The van der Waals surface area contributed by atoms with Crippen LogP contribution in [-0.2, 0) is 9.53 Å². The van der Waals surface area contributed by atoms with E-state index in [9.17, 15) is 4.79 Å². The topological polar surface area (TPSA) is 54.3 Å². The Hall–Kier alpha value is -0.980. The van der Waals surface area contributed by atoms with Crippen LogP contribution < -0.4 is 0 Å². The van der Waals surface area contributed by atoms with Gasteiger partial charge in [0.1, 0.15) is 11.8 Å². The second-order valence-electron chi connectivity index (χ2n) is 7.51. The number of fused-ring (bicyclic) bond motifs is 2. The van der Waals surface area contributed by atoms with Crippen molar-refractivity contribution in [1.82, 2.24) is 4.90 Å². The Morgan fingerprint density at radius 2 is 2.17 bits per heavy atom. The van der Waals surface area contributed by atoms with E-state index < -0.39 is 0 Å². The van der Waals surface area contributed by atoms with Crippen molar-refractivity contribution in [3.63, 3.8) is 0 Å². The van der Waals surface area contributed by atoms with Crippen LogP contribution in [0.25, 0.3) is 0 Å². The number of carbonyl (C=O) groups excluding carboxylic acids is 1. The summed E-state index contributed by atoms with van der Waals surface area (Å²) in [6, 6.07) is 0. The summed E-state index contributed by atoms with van der Waals surface area (Å²) in [5, 5.41) is 0.963. The number of nitrogens with zero attached hydrogens (tertiary/aromatic N) is 3. The summed E-state index contributed by atoms with van der Waals surface area (Å²) in [5.41, 5.74) is 1.12. The molecular weight excluding hydrogens is 310 g/mol. The third-order valence-corrected chi connectivity index (χ3v) is 6.01. The smallest absolute Gasteiger partial charge is 0.261 e. The first-order valence-electron chi connectivity index (χ1n) is 8.41. The molecule has 3 heterocycles. The van der Waals surface area contributed by atoms with Crippen molar-refractivity contribution < 1.29 is 9.53 Å². The molecule has 0 N–H and O–H groups in total. The number of thioether (sulfide) groups is 1. The minimum atomic E-state index is -0.169. The Balaban J connectivity index is 1.49. The number of allylic oxidation sites excluding steroid dienone is 1. The Morgan fingerprint density at radius 1 is 1.35 bits per heavy atom. The van der Waals surface area contributed by atoms with Gasteiger partial charge >= 0.3 is 0 Å². The molecule has 0 radical (unpaired) electrons. The number of ether oxygens (including phenoxy) is 1. The van der Waals surface area contributed by atoms with Crippen LogP contribution in [0.2, 0.25) is 0 Å². The van der Waals surface area contributed by atoms with Gasteiger partial charge in [0.2, 0.25) is 0 Å². The molecule has 2 atom stereocenters. The van der Waals surface area contributed by atoms with E-state index in [0.29, 0.717) is 12.4 Å². The van der Waals surface area contributed by atoms with Crippen molar-refractivity contribution in [3.8, 4) is 0 Å². The number of morpholine rings is 1. The van der Waals surface area contributed by atoms with E-state index in [0.717, 1.165) is 31.0 Å². The maximum atomic E-state index is 12.5. The number of hydrogen-bond donors (Lipinski definition) is 0. The Labute approximate surface area is 141 Å². The summed E-state index contributed by atoms with van der Waals surface area (Å²) in [6.07, 6.45) is 3.50. The molecule has 2 unspecified atom stereocenters. The highest BCUT2D eigenvalue weighted by Crippen LogP contribution is 2.48. The summed E-state index contributed by atoms with van der Waals surface area (Å²) < 4.78 is 5.94. The van der Waals surface area contributed by atoms with Gasteiger partial charge in [-0.15, -0.1) is 0 Å². The van der Waals surface area contributed by atoms with Crippen LogP contribution in [0, 0.1) is 5.92 Å². The van der Waals surface area contributed by atoms with E-state index in [1.807, 2.05) is 0 Å². The van der Waals surface area contributed by atoms with E-state index >= 15 is 0 Å². The monoisotopic (exact) mass is 333 g/mol. The van der Waals surface area contributed by atoms with E-state index in [4.69, 9.17) is 9.73 Å². The van der Waals surface area contributed by atoms with Gasteiger partial charge < -0.3 is 4.74 Å². The van der Waals surface area contributed by atoms with Gasteiger partial charge in [-0.3, -0.25) is 9.69 Å². The predicted octanol–water partition coefficient (Wildman–Crippen LogP) is 2.62. The van der Waals surface area contributed by atoms with Gasteiger partial charge in [0.25, 0.3) is 5.91 Å². The largest absolute Gasteiger partial charge is 0.370 e. The molecule has 0 bridgehead atoms. The molecule has 0 aromatic rings. The van der Waals surface area contributed by atoms with Crippen LogP contribution in [-0.4, -0.2) is 53.0 Å². The fourth-order valence-electron chi connectivity index (χ4n) is 4.16. The number of amides is 1. The molecule has 1 amide bonds. The van der Waals surface area contributed by atoms with Gasteiger partial charge in [-0.1, -0.05) is 11.8 Å². The molecule has 124 valence electrons. The molecular formula is C17H23N3O2S. The van der Waals surface area contributed by atoms with Crippen molar-refractivity contribution in [1.29, 1.82) is 0 Å². The molecule has 4 rings (SSSR count). The number of rotatable bonds is 2. The summed E-state index contributed by atoms with van der Waals surface area (Å²) in [5.74, 6) is 0.506. The van der Waals surface area contributed by atoms with Gasteiger partial charge in [0.15, 0.2) is 0 Å². The van der Waals surface area contributed by atoms with E-state index in [-0.39, 0.29) is 23.5 Å². The fourth-order valence-corrected chi connectivity index (χ4v) is 5.52.